The van der Waals surface area contributed by atoms with Crippen molar-refractivity contribution in [2.45, 2.75) is 25.5 Å². The Hall–Kier alpha value is -1.17. The summed E-state index contributed by atoms with van der Waals surface area (Å²) >= 11 is 0. The van der Waals surface area contributed by atoms with Crippen molar-refractivity contribution < 1.29 is 24.2 Å². The van der Waals surface area contributed by atoms with Crippen molar-refractivity contribution in [2.24, 2.45) is 0 Å². The van der Waals surface area contributed by atoms with Crippen LogP contribution in [0.4, 0.5) is 4.39 Å². The summed E-state index contributed by atoms with van der Waals surface area (Å²) in [7, 11) is 0. The van der Waals surface area contributed by atoms with E-state index in [1.807, 2.05) is 0 Å². The quantitative estimate of drug-likeness (QED) is 0.538. The van der Waals surface area contributed by atoms with Gasteiger partial charge in [-0.1, -0.05) is 6.92 Å². The summed E-state index contributed by atoms with van der Waals surface area (Å²) in [6, 6.07) is -0.944. The summed E-state index contributed by atoms with van der Waals surface area (Å²) in [6.45, 7) is 0.359. The molecule has 0 saturated heterocycles. The molecular formula is C7H12FNO4. The van der Waals surface area contributed by atoms with Crippen LogP contribution >= 0.6 is 0 Å². The van der Waals surface area contributed by atoms with Gasteiger partial charge >= 0.3 is 5.97 Å². The number of carbonyl (C=O) groups is 2. The number of hydrogen-bond acceptors (Lipinski definition) is 3. The number of aliphatic carboxylic acids is 1. The molecule has 0 aliphatic rings. The van der Waals surface area contributed by atoms with Gasteiger partial charge in [0.1, 0.15) is 0 Å². The van der Waals surface area contributed by atoms with Gasteiger partial charge in [0.15, 0.2) is 12.8 Å². The van der Waals surface area contributed by atoms with E-state index in [0.29, 0.717) is 0 Å². The van der Waals surface area contributed by atoms with Crippen molar-refractivity contribution in [2.75, 3.05) is 6.67 Å². The first-order chi connectivity index (χ1) is 6.02. The Balaban J connectivity index is 4.17. The number of alkyl halides is 1. The number of carboxylic acids is 1. The van der Waals surface area contributed by atoms with Crippen LogP contribution in [0.25, 0.3) is 0 Å². The molecule has 0 rings (SSSR count). The van der Waals surface area contributed by atoms with Crippen LogP contribution < -0.4 is 5.32 Å². The maximum atomic E-state index is 11.7. The summed E-state index contributed by atoms with van der Waals surface area (Å²) in [5.74, 6) is -2.36. The molecule has 0 radical (unpaired) electrons. The Morgan fingerprint density at radius 1 is 1.54 bits per heavy atom. The van der Waals surface area contributed by atoms with Gasteiger partial charge in [0.25, 0.3) is 5.91 Å². The van der Waals surface area contributed by atoms with Gasteiger partial charge in [-0.15, -0.1) is 0 Å². The van der Waals surface area contributed by atoms with Gasteiger partial charge in [-0.25, -0.2) is 9.18 Å². The highest BCUT2D eigenvalue weighted by molar-refractivity contribution is 5.79. The molecule has 13 heavy (non-hydrogen) atoms. The molecule has 1 amide bonds. The number of amides is 1. The third-order valence-corrected chi connectivity index (χ3v) is 1.54. The van der Waals surface area contributed by atoms with Crippen LogP contribution in [0.1, 0.15) is 13.3 Å². The van der Waals surface area contributed by atoms with Crippen LogP contribution in [0, 0.1) is 0 Å². The Kier molecular flexibility index (Phi) is 4.98. The van der Waals surface area contributed by atoms with Gasteiger partial charge < -0.3 is 15.5 Å². The third kappa shape index (κ3) is 3.84. The molecule has 0 fully saturated rings. The number of hydrogen-bond donors (Lipinski definition) is 3. The summed E-state index contributed by atoms with van der Waals surface area (Å²) in [6.07, 6.45) is -1.47. The number of rotatable bonds is 5. The Morgan fingerprint density at radius 3 is 2.38 bits per heavy atom. The Morgan fingerprint density at radius 2 is 2.08 bits per heavy atom. The monoisotopic (exact) mass is 193 g/mol. The smallest absolute Gasteiger partial charge is 0.334 e. The first kappa shape index (κ1) is 11.8. The Bertz CT molecular complexity index is 197. The van der Waals surface area contributed by atoms with Gasteiger partial charge in [0, 0.05) is 0 Å². The number of carboxylic acid groups (broad SMARTS) is 1. The zero-order chi connectivity index (χ0) is 10.4. The van der Waals surface area contributed by atoms with Gasteiger partial charge in [-0.2, -0.15) is 0 Å². The van der Waals surface area contributed by atoms with E-state index in [2.05, 4.69) is 5.32 Å². The second-order valence-electron chi connectivity index (χ2n) is 2.50. The third-order valence-electron chi connectivity index (χ3n) is 1.54. The SMILES string of the molecule is CC[C@H](NC(=O)CF)[C@H](O)C(=O)O. The molecule has 0 unspecified atom stereocenters. The van der Waals surface area contributed by atoms with Crippen LogP contribution in [-0.4, -0.2) is 40.9 Å². The molecule has 0 saturated carbocycles. The molecule has 0 aromatic heterocycles. The minimum atomic E-state index is -1.69. The van der Waals surface area contributed by atoms with E-state index in [0.717, 1.165) is 0 Å². The van der Waals surface area contributed by atoms with E-state index >= 15 is 0 Å². The fraction of sp³-hybridized carbons (Fsp3) is 0.714. The maximum absolute atomic E-state index is 11.7. The minimum Gasteiger partial charge on any atom is -0.479 e. The lowest BCUT2D eigenvalue weighted by atomic mass is 10.1. The van der Waals surface area contributed by atoms with E-state index in [1.54, 1.807) is 6.92 Å². The molecule has 0 aromatic carbocycles. The molecule has 0 spiro atoms. The van der Waals surface area contributed by atoms with Crippen molar-refractivity contribution in [3.05, 3.63) is 0 Å². The van der Waals surface area contributed by atoms with Crippen molar-refractivity contribution >= 4 is 11.9 Å². The van der Waals surface area contributed by atoms with Gasteiger partial charge in [0.2, 0.25) is 0 Å². The Labute approximate surface area is 74.6 Å². The second kappa shape index (κ2) is 5.47. The van der Waals surface area contributed by atoms with Crippen LogP contribution in [0.5, 0.6) is 0 Å². The predicted molar refractivity (Wildman–Crippen MR) is 41.8 cm³/mol. The van der Waals surface area contributed by atoms with Crippen molar-refractivity contribution in [3.8, 4) is 0 Å². The van der Waals surface area contributed by atoms with E-state index in [4.69, 9.17) is 10.2 Å². The molecule has 0 aliphatic carbocycles. The molecule has 2 atom stereocenters. The summed E-state index contributed by atoms with van der Waals surface area (Å²) in [4.78, 5) is 20.8. The van der Waals surface area contributed by atoms with Crippen LogP contribution in [0.3, 0.4) is 0 Å². The zero-order valence-corrected chi connectivity index (χ0v) is 7.16. The van der Waals surface area contributed by atoms with Crippen molar-refractivity contribution in [1.82, 2.24) is 5.32 Å². The summed E-state index contributed by atoms with van der Waals surface area (Å²) in [5, 5.41) is 19.4. The highest BCUT2D eigenvalue weighted by atomic mass is 19.1. The average molecular weight is 193 g/mol. The summed E-state index contributed by atoms with van der Waals surface area (Å²) in [5.41, 5.74) is 0. The van der Waals surface area contributed by atoms with E-state index < -0.39 is 30.7 Å². The van der Waals surface area contributed by atoms with Crippen LogP contribution in [0.15, 0.2) is 0 Å². The molecule has 3 N–H and O–H groups in total. The van der Waals surface area contributed by atoms with Crippen LogP contribution in [-0.2, 0) is 9.59 Å². The lowest BCUT2D eigenvalue weighted by Crippen LogP contribution is -2.47. The van der Waals surface area contributed by atoms with E-state index in [1.165, 1.54) is 0 Å². The lowest BCUT2D eigenvalue weighted by molar-refractivity contribution is -0.148. The molecule has 76 valence electrons. The largest absolute Gasteiger partial charge is 0.479 e. The predicted octanol–water partition coefficient (Wildman–Crippen LogP) is -0.704. The van der Waals surface area contributed by atoms with Crippen LogP contribution in [0.2, 0.25) is 0 Å². The normalized spacial score (nSPS) is 14.7. The van der Waals surface area contributed by atoms with Crippen molar-refractivity contribution in [1.29, 1.82) is 0 Å². The molecule has 0 bridgehead atoms. The van der Waals surface area contributed by atoms with E-state index in [-0.39, 0.29) is 6.42 Å². The molecule has 0 heterocycles. The molecule has 6 heteroatoms. The number of aliphatic hydroxyl groups is 1. The van der Waals surface area contributed by atoms with E-state index in [9.17, 15) is 14.0 Å². The molecule has 0 aromatic rings. The fourth-order valence-electron chi connectivity index (χ4n) is 0.822. The topological polar surface area (TPSA) is 86.6 Å². The highest BCUT2D eigenvalue weighted by Crippen LogP contribution is 1.99. The summed E-state index contributed by atoms with van der Waals surface area (Å²) < 4.78 is 11.7. The standard InChI is InChI=1S/C7H12FNO4/c1-2-4(6(11)7(12)13)9-5(10)3-8/h4,6,11H,2-3H2,1H3,(H,9,10)(H,12,13)/t4-,6-/m0/s1. The average Bonchev–Trinajstić information content (AvgIpc) is 2.12. The van der Waals surface area contributed by atoms with Gasteiger partial charge in [0.05, 0.1) is 6.04 Å². The lowest BCUT2D eigenvalue weighted by Gasteiger charge is -2.18. The first-order valence-electron chi connectivity index (χ1n) is 3.79. The fourth-order valence-corrected chi connectivity index (χ4v) is 0.822. The molecular weight excluding hydrogens is 181 g/mol. The maximum Gasteiger partial charge on any atom is 0.334 e. The van der Waals surface area contributed by atoms with Gasteiger partial charge in [-0.3, -0.25) is 4.79 Å². The highest BCUT2D eigenvalue weighted by Gasteiger charge is 2.25. The molecule has 0 aliphatic heterocycles. The minimum absolute atomic E-state index is 0.221. The van der Waals surface area contributed by atoms with Crippen molar-refractivity contribution in [3.63, 3.8) is 0 Å². The first-order valence-corrected chi connectivity index (χ1v) is 3.79. The zero-order valence-electron chi connectivity index (χ0n) is 7.16. The van der Waals surface area contributed by atoms with Gasteiger partial charge in [-0.05, 0) is 6.42 Å². The second-order valence-corrected chi connectivity index (χ2v) is 2.50. The number of carbonyl (C=O) groups excluding carboxylic acids is 1. The number of aliphatic hydroxyl groups excluding tert-OH is 1. The molecule has 5 nitrogen and oxygen atoms in total. The number of nitrogens with one attached hydrogen (secondary N) is 1. The number of halogens is 1.